The van der Waals surface area contributed by atoms with E-state index in [-0.39, 0.29) is 11.8 Å². The number of thiophene rings is 1. The molecule has 1 atom stereocenters. The number of allylic oxidation sites excluding steroid dienone is 1. The molecule has 1 aromatic heterocycles. The van der Waals surface area contributed by atoms with Crippen LogP contribution in [-0.4, -0.2) is 43.0 Å². The number of ether oxygens (including phenoxy) is 1. The second-order valence-corrected chi connectivity index (χ2v) is 10.8. The van der Waals surface area contributed by atoms with Gasteiger partial charge in [0.1, 0.15) is 5.75 Å². The molecule has 0 saturated heterocycles. The lowest BCUT2D eigenvalue weighted by Gasteiger charge is -2.34. The fourth-order valence-electron chi connectivity index (χ4n) is 5.33. The number of carbonyl (C=O) groups is 1. The normalized spacial score (nSPS) is 18.5. The molecule has 1 unspecified atom stereocenters. The number of hydrogen-bond acceptors (Lipinski definition) is 5. The molecule has 0 radical (unpaired) electrons. The molecule has 35 heavy (non-hydrogen) atoms. The first-order valence-electron chi connectivity index (χ1n) is 12.2. The molecular formula is C29H29N3O2S. The van der Waals surface area contributed by atoms with Crippen LogP contribution in [0.15, 0.2) is 66.4 Å². The molecule has 6 rings (SSSR count). The Morgan fingerprint density at radius 1 is 1.20 bits per heavy atom. The van der Waals surface area contributed by atoms with Crippen LogP contribution >= 0.6 is 11.3 Å². The molecule has 0 bridgehead atoms. The summed E-state index contributed by atoms with van der Waals surface area (Å²) in [5.41, 5.74) is 6.86. The number of benzene rings is 2. The number of para-hydroxylation sites is 1. The lowest BCUT2D eigenvalue weighted by Crippen LogP contribution is -2.35. The maximum absolute atomic E-state index is 13.6. The predicted octanol–water partition coefficient (Wildman–Crippen LogP) is 5.57. The Balaban J connectivity index is 1.35. The van der Waals surface area contributed by atoms with E-state index in [1.165, 1.54) is 16.0 Å². The van der Waals surface area contributed by atoms with Crippen LogP contribution < -0.4 is 10.1 Å². The summed E-state index contributed by atoms with van der Waals surface area (Å²) in [6.45, 7) is 2.32. The summed E-state index contributed by atoms with van der Waals surface area (Å²) in [7, 11) is 4.13. The molecule has 4 heterocycles. The van der Waals surface area contributed by atoms with Crippen LogP contribution in [0, 0.1) is 0 Å². The quantitative estimate of drug-likeness (QED) is 0.482. The van der Waals surface area contributed by atoms with Crippen molar-refractivity contribution in [3.05, 3.63) is 92.8 Å². The van der Waals surface area contributed by atoms with Gasteiger partial charge in [-0.15, -0.1) is 11.3 Å². The number of carbonyl (C=O) groups excluding carboxylic acids is 1. The van der Waals surface area contributed by atoms with Gasteiger partial charge < -0.3 is 19.9 Å². The number of rotatable bonds is 5. The number of hydrogen-bond donors (Lipinski definition) is 1. The van der Waals surface area contributed by atoms with Gasteiger partial charge in [-0.05, 0) is 74.1 Å². The zero-order valence-electron chi connectivity index (χ0n) is 20.1. The first-order chi connectivity index (χ1) is 17.1. The summed E-state index contributed by atoms with van der Waals surface area (Å²) >= 11 is 1.73. The monoisotopic (exact) mass is 483 g/mol. The van der Waals surface area contributed by atoms with Crippen LogP contribution in [-0.2, 0) is 17.8 Å². The zero-order valence-corrected chi connectivity index (χ0v) is 20.9. The lowest BCUT2D eigenvalue weighted by molar-refractivity contribution is -0.123. The Kier molecular flexibility index (Phi) is 5.71. The highest BCUT2D eigenvalue weighted by atomic mass is 32.1. The van der Waals surface area contributed by atoms with Crippen LogP contribution in [0.2, 0.25) is 0 Å². The van der Waals surface area contributed by atoms with E-state index < -0.39 is 0 Å². The van der Waals surface area contributed by atoms with Crippen molar-refractivity contribution in [1.29, 1.82) is 0 Å². The Hall–Kier alpha value is -3.35. The third kappa shape index (κ3) is 4.17. The molecule has 0 aliphatic carbocycles. The molecular weight excluding hydrogens is 454 g/mol. The van der Waals surface area contributed by atoms with Crippen LogP contribution in [0.5, 0.6) is 5.75 Å². The van der Waals surface area contributed by atoms with E-state index in [4.69, 9.17) is 4.74 Å². The van der Waals surface area contributed by atoms with Crippen molar-refractivity contribution < 1.29 is 9.53 Å². The molecule has 0 spiro atoms. The maximum atomic E-state index is 13.6. The SMILES string of the molecule is CN(C)Cc1ccc(/C=C/C(=O)N2CCC3C(=C2c2ccc4c(c2)CCO4)Nc2ccccc23)s1. The van der Waals surface area contributed by atoms with Gasteiger partial charge in [0, 0.05) is 58.2 Å². The molecule has 6 heteroatoms. The van der Waals surface area contributed by atoms with Crippen molar-refractivity contribution in [3.8, 4) is 5.75 Å². The largest absolute Gasteiger partial charge is 0.493 e. The molecule has 3 aliphatic heterocycles. The summed E-state index contributed by atoms with van der Waals surface area (Å²) in [5, 5.41) is 3.66. The number of anilines is 1. The van der Waals surface area contributed by atoms with Crippen molar-refractivity contribution in [2.45, 2.75) is 25.3 Å². The van der Waals surface area contributed by atoms with E-state index in [1.54, 1.807) is 17.4 Å². The van der Waals surface area contributed by atoms with Crippen molar-refractivity contribution in [2.24, 2.45) is 0 Å². The molecule has 3 aromatic rings. The van der Waals surface area contributed by atoms with Crippen LogP contribution in [0.3, 0.4) is 0 Å². The van der Waals surface area contributed by atoms with E-state index >= 15 is 0 Å². The van der Waals surface area contributed by atoms with E-state index in [1.807, 2.05) is 17.0 Å². The van der Waals surface area contributed by atoms with Crippen molar-refractivity contribution in [2.75, 3.05) is 32.6 Å². The molecule has 0 fully saturated rings. The minimum Gasteiger partial charge on any atom is -0.493 e. The minimum absolute atomic E-state index is 0.0167. The van der Waals surface area contributed by atoms with Crippen LogP contribution in [0.1, 0.15) is 38.8 Å². The summed E-state index contributed by atoms with van der Waals surface area (Å²) in [5.74, 6) is 1.26. The number of nitrogens with zero attached hydrogens (tertiary/aromatic N) is 2. The first kappa shape index (κ1) is 22.1. The number of nitrogens with one attached hydrogen (secondary N) is 1. The number of fused-ring (bicyclic) bond motifs is 4. The summed E-state index contributed by atoms with van der Waals surface area (Å²) in [6, 6.07) is 19.1. The van der Waals surface area contributed by atoms with Gasteiger partial charge in [-0.3, -0.25) is 4.79 Å². The minimum atomic E-state index is 0.0167. The molecule has 2 aromatic carbocycles. The van der Waals surface area contributed by atoms with Gasteiger partial charge in [0.15, 0.2) is 0 Å². The standard InChI is InChI=1S/C29H29N3O2S/c1-31(2)18-22-9-8-21(35-22)10-12-27(33)32-15-13-24-23-5-3-4-6-25(23)30-28(24)29(32)20-7-11-26-19(17-20)14-16-34-26/h3-12,17,24,30H,13-16,18H2,1-2H3/b12-10+. The van der Waals surface area contributed by atoms with Gasteiger partial charge in [0.05, 0.1) is 12.3 Å². The molecule has 1 N–H and O–H groups in total. The van der Waals surface area contributed by atoms with Gasteiger partial charge >= 0.3 is 0 Å². The summed E-state index contributed by atoms with van der Waals surface area (Å²) in [4.78, 5) is 20.1. The third-order valence-electron chi connectivity index (χ3n) is 6.89. The Morgan fingerprint density at radius 2 is 2.09 bits per heavy atom. The van der Waals surface area contributed by atoms with Crippen LogP contribution in [0.4, 0.5) is 5.69 Å². The maximum Gasteiger partial charge on any atom is 0.251 e. The Bertz CT molecular complexity index is 1350. The highest BCUT2D eigenvalue weighted by Gasteiger charge is 2.37. The van der Waals surface area contributed by atoms with Crippen molar-refractivity contribution >= 4 is 34.7 Å². The van der Waals surface area contributed by atoms with Crippen molar-refractivity contribution in [3.63, 3.8) is 0 Å². The van der Waals surface area contributed by atoms with E-state index in [0.717, 1.165) is 59.3 Å². The number of amides is 1. The second kappa shape index (κ2) is 9.02. The van der Waals surface area contributed by atoms with Gasteiger partial charge in [0.25, 0.3) is 5.91 Å². The molecule has 1 amide bonds. The highest BCUT2D eigenvalue weighted by molar-refractivity contribution is 7.12. The van der Waals surface area contributed by atoms with Crippen LogP contribution in [0.25, 0.3) is 11.8 Å². The van der Waals surface area contributed by atoms with Gasteiger partial charge in [-0.1, -0.05) is 18.2 Å². The average Bonchev–Trinajstić information content (AvgIpc) is 3.59. The second-order valence-electron chi connectivity index (χ2n) is 9.60. The first-order valence-corrected chi connectivity index (χ1v) is 13.0. The summed E-state index contributed by atoms with van der Waals surface area (Å²) in [6.07, 6.45) is 5.49. The highest BCUT2D eigenvalue weighted by Crippen LogP contribution is 2.47. The van der Waals surface area contributed by atoms with Gasteiger partial charge in [0.2, 0.25) is 0 Å². The molecule has 0 saturated carbocycles. The Morgan fingerprint density at radius 3 is 2.97 bits per heavy atom. The topological polar surface area (TPSA) is 44.8 Å². The van der Waals surface area contributed by atoms with Gasteiger partial charge in [-0.25, -0.2) is 0 Å². The third-order valence-corrected chi connectivity index (χ3v) is 7.93. The summed E-state index contributed by atoms with van der Waals surface area (Å²) < 4.78 is 5.74. The lowest BCUT2D eigenvalue weighted by atomic mass is 9.88. The predicted molar refractivity (Wildman–Crippen MR) is 142 cm³/mol. The van der Waals surface area contributed by atoms with E-state index in [2.05, 4.69) is 72.8 Å². The molecule has 3 aliphatic rings. The smallest absolute Gasteiger partial charge is 0.251 e. The van der Waals surface area contributed by atoms with Gasteiger partial charge in [-0.2, -0.15) is 0 Å². The molecule has 5 nitrogen and oxygen atoms in total. The zero-order chi connectivity index (χ0) is 23.9. The van der Waals surface area contributed by atoms with E-state index in [9.17, 15) is 4.79 Å². The average molecular weight is 484 g/mol. The fourth-order valence-corrected chi connectivity index (χ4v) is 6.37. The van der Waals surface area contributed by atoms with E-state index in [0.29, 0.717) is 6.54 Å². The molecule has 178 valence electrons. The fraction of sp³-hybridized carbons (Fsp3) is 0.276. The van der Waals surface area contributed by atoms with Crippen molar-refractivity contribution in [1.82, 2.24) is 9.80 Å². The Labute approximate surface area is 210 Å².